The number of aromatic amines is 1. The fourth-order valence-electron chi connectivity index (χ4n) is 7.72. The van der Waals surface area contributed by atoms with Crippen molar-refractivity contribution in [1.29, 1.82) is 4.78 Å². The monoisotopic (exact) mass is 544 g/mol. The first-order valence-corrected chi connectivity index (χ1v) is 15.5. The molecule has 3 heterocycles. The van der Waals surface area contributed by atoms with Gasteiger partial charge >= 0.3 is 6.03 Å². The minimum Gasteiger partial charge on any atom is -0.323 e. The molecule has 3 saturated carbocycles. The zero-order valence-corrected chi connectivity index (χ0v) is 22.4. The second-order valence-electron chi connectivity index (χ2n) is 13.1. The van der Waals surface area contributed by atoms with E-state index in [4.69, 9.17) is 4.78 Å². The maximum Gasteiger partial charge on any atom is 0.320 e. The Balaban J connectivity index is 0.832. The number of benzene rings is 1. The fourth-order valence-corrected chi connectivity index (χ4v) is 8.37. The van der Waals surface area contributed by atoms with Crippen LogP contribution < -0.4 is 0 Å². The first-order valence-electron chi connectivity index (χ1n) is 13.6. The predicted molar refractivity (Wildman–Crippen MR) is 137 cm³/mol. The summed E-state index contributed by atoms with van der Waals surface area (Å²) in [5, 5.41) is 7.18. The highest BCUT2D eigenvalue weighted by atomic mass is 32.2. The van der Waals surface area contributed by atoms with Gasteiger partial charge in [-0.3, -0.25) is 5.10 Å². The van der Waals surface area contributed by atoms with Gasteiger partial charge in [0.15, 0.2) is 5.82 Å². The molecule has 1 aromatic heterocycles. The number of H-pyrrole nitrogens is 1. The fraction of sp³-hybridized carbons (Fsp3) is 0.667. The molecule has 7 rings (SSSR count). The van der Waals surface area contributed by atoms with Crippen LogP contribution in [0.5, 0.6) is 0 Å². The summed E-state index contributed by atoms with van der Waals surface area (Å²) < 4.78 is 45.9. The zero-order chi connectivity index (χ0) is 26.5. The van der Waals surface area contributed by atoms with E-state index < -0.39 is 15.7 Å². The van der Waals surface area contributed by atoms with E-state index in [9.17, 15) is 17.8 Å². The average Bonchev–Trinajstić information content (AvgIpc) is 3.19. The number of nitrogens with one attached hydrogen (secondary N) is 2. The number of nitrogens with zero attached hydrogens (tertiary/aromatic N) is 4. The normalized spacial score (nSPS) is 27.1. The van der Waals surface area contributed by atoms with Crippen LogP contribution in [0.4, 0.5) is 13.6 Å². The lowest BCUT2D eigenvalue weighted by Gasteiger charge is -2.63. The molecule has 1 unspecified atom stereocenters. The van der Waals surface area contributed by atoms with E-state index in [1.807, 2.05) is 34.1 Å². The third kappa shape index (κ3) is 4.12. The molecule has 1 atom stereocenters. The van der Waals surface area contributed by atoms with E-state index in [1.54, 1.807) is 0 Å². The Morgan fingerprint density at radius 1 is 1.00 bits per heavy atom. The summed E-state index contributed by atoms with van der Waals surface area (Å²) in [4.78, 5) is 22.1. The maximum atomic E-state index is 13.2. The van der Waals surface area contributed by atoms with Crippen molar-refractivity contribution in [3.8, 4) is 0 Å². The van der Waals surface area contributed by atoms with Gasteiger partial charge in [-0.05, 0) is 55.7 Å². The number of hydrogen-bond donors (Lipinski definition) is 2. The number of carbonyl (C=O) groups is 1. The first kappa shape index (κ1) is 24.5. The zero-order valence-electron chi connectivity index (χ0n) is 21.6. The van der Waals surface area contributed by atoms with Crippen molar-refractivity contribution in [3.63, 3.8) is 0 Å². The molecule has 3 aliphatic carbocycles. The molecule has 2 aliphatic heterocycles. The number of hydrogen-bond acceptors (Lipinski definition) is 5. The summed E-state index contributed by atoms with van der Waals surface area (Å²) in [5.74, 6) is -0.553. The lowest BCUT2D eigenvalue weighted by molar-refractivity contribution is -0.100. The van der Waals surface area contributed by atoms with Crippen LogP contribution in [0.2, 0.25) is 0 Å². The Morgan fingerprint density at radius 2 is 1.58 bits per heavy atom. The van der Waals surface area contributed by atoms with Crippen LogP contribution >= 0.6 is 0 Å². The molecule has 11 heteroatoms. The summed E-state index contributed by atoms with van der Waals surface area (Å²) in [5.41, 5.74) is 1.69. The number of aromatic nitrogens is 3. The second-order valence-corrected chi connectivity index (χ2v) is 15.3. The summed E-state index contributed by atoms with van der Waals surface area (Å²) in [6.45, 7) is 3.28. The molecule has 2 aromatic rings. The van der Waals surface area contributed by atoms with Crippen LogP contribution in [-0.4, -0.2) is 73.6 Å². The smallest absolute Gasteiger partial charge is 0.320 e. The number of carbonyl (C=O) groups excluding carboxylic acids is 1. The quantitative estimate of drug-likeness (QED) is 0.574. The lowest BCUT2D eigenvalue weighted by Crippen LogP contribution is -2.70. The van der Waals surface area contributed by atoms with Crippen LogP contribution in [0.3, 0.4) is 0 Å². The van der Waals surface area contributed by atoms with E-state index >= 15 is 0 Å². The van der Waals surface area contributed by atoms with Crippen molar-refractivity contribution in [1.82, 2.24) is 25.0 Å². The molecule has 5 aliphatic rings. The van der Waals surface area contributed by atoms with Gasteiger partial charge in [0.2, 0.25) is 5.92 Å². The topological polar surface area (TPSA) is 106 Å². The van der Waals surface area contributed by atoms with E-state index in [1.165, 1.54) is 11.8 Å². The molecule has 1 aromatic carbocycles. The number of likely N-dealkylation sites (tertiary alicyclic amines) is 2. The van der Waals surface area contributed by atoms with Crippen molar-refractivity contribution in [2.24, 2.45) is 16.7 Å². The molecule has 8 nitrogen and oxygen atoms in total. The van der Waals surface area contributed by atoms with Crippen molar-refractivity contribution < 1.29 is 17.8 Å². The number of alkyl halides is 2. The standard InChI is InChI=1S/C27H34F2N6O2S/c1-38(30,37)21-4-2-17(3-5-21)6-18-7-25(8-18)13-34(14-25)24(36)35-15-26(16-35)9-19(10-26)22-31-23(33-32-22)20-11-27(28,29)12-20/h2-5,18-20,30H,6-16H2,1H3,(H,31,32,33). The third-order valence-electron chi connectivity index (χ3n) is 9.71. The van der Waals surface area contributed by atoms with Crippen molar-refractivity contribution in [3.05, 3.63) is 41.5 Å². The third-order valence-corrected chi connectivity index (χ3v) is 10.9. The van der Waals surface area contributed by atoms with Gasteiger partial charge in [-0.15, -0.1) is 0 Å². The predicted octanol–water partition coefficient (Wildman–Crippen LogP) is 4.61. The van der Waals surface area contributed by atoms with Gasteiger partial charge in [-0.2, -0.15) is 5.10 Å². The molecular weight excluding hydrogens is 510 g/mol. The lowest BCUT2D eigenvalue weighted by atomic mass is 9.56. The average molecular weight is 545 g/mol. The highest BCUT2D eigenvalue weighted by Crippen LogP contribution is 2.57. The summed E-state index contributed by atoms with van der Waals surface area (Å²) in [7, 11) is -2.67. The van der Waals surface area contributed by atoms with Gasteiger partial charge in [-0.1, -0.05) is 12.1 Å². The van der Waals surface area contributed by atoms with E-state index in [2.05, 4.69) is 15.2 Å². The molecule has 2 spiro atoms. The first-order chi connectivity index (χ1) is 17.9. The van der Waals surface area contributed by atoms with E-state index in [0.29, 0.717) is 16.6 Å². The Bertz CT molecular complexity index is 1350. The molecule has 2 amide bonds. The Kier molecular flexibility index (Phi) is 5.14. The van der Waals surface area contributed by atoms with E-state index in [-0.39, 0.29) is 41.5 Å². The molecular formula is C27H34F2N6O2S. The SMILES string of the molecule is CS(=N)(=O)c1ccc(CC2CC3(C2)CN(C(=O)N2CC4(CC(c5n[nH]c(C6CC(F)(F)C6)n5)C4)C2)C3)cc1. The Hall–Kier alpha value is -2.56. The molecule has 0 bridgehead atoms. The number of halogens is 2. The summed E-state index contributed by atoms with van der Waals surface area (Å²) >= 11 is 0. The molecule has 204 valence electrons. The highest BCUT2D eigenvalue weighted by molar-refractivity contribution is 7.91. The Labute approximate surface area is 221 Å². The maximum absolute atomic E-state index is 13.2. The molecule has 5 fully saturated rings. The van der Waals surface area contributed by atoms with Crippen LogP contribution in [0, 0.1) is 21.5 Å². The van der Waals surface area contributed by atoms with Crippen molar-refractivity contribution in [2.75, 3.05) is 32.4 Å². The summed E-state index contributed by atoms with van der Waals surface area (Å²) in [6, 6.07) is 7.78. The van der Waals surface area contributed by atoms with Crippen LogP contribution in [0.1, 0.15) is 67.6 Å². The van der Waals surface area contributed by atoms with Gasteiger partial charge in [0.25, 0.3) is 0 Å². The van der Waals surface area contributed by atoms with Crippen LogP contribution in [0.15, 0.2) is 29.2 Å². The largest absolute Gasteiger partial charge is 0.323 e. The highest BCUT2D eigenvalue weighted by Gasteiger charge is 2.59. The van der Waals surface area contributed by atoms with Crippen molar-refractivity contribution in [2.45, 2.75) is 67.6 Å². The van der Waals surface area contributed by atoms with Crippen LogP contribution in [0.25, 0.3) is 0 Å². The van der Waals surface area contributed by atoms with Gasteiger partial charge in [0.1, 0.15) is 5.82 Å². The van der Waals surface area contributed by atoms with Crippen molar-refractivity contribution >= 4 is 15.8 Å². The van der Waals surface area contributed by atoms with E-state index in [0.717, 1.165) is 64.1 Å². The Morgan fingerprint density at radius 3 is 2.13 bits per heavy atom. The molecule has 2 saturated heterocycles. The molecule has 0 radical (unpaired) electrons. The number of rotatable bonds is 5. The number of urea groups is 1. The van der Waals surface area contributed by atoms with Crippen LogP contribution in [-0.2, 0) is 16.1 Å². The molecule has 38 heavy (non-hydrogen) atoms. The number of amides is 2. The summed E-state index contributed by atoms with van der Waals surface area (Å²) in [6.07, 6.45) is 6.36. The van der Waals surface area contributed by atoms with Gasteiger partial charge in [0.05, 0.1) is 9.73 Å². The second kappa shape index (κ2) is 7.99. The minimum atomic E-state index is -2.67. The molecule has 2 N–H and O–H groups in total. The van der Waals surface area contributed by atoms with Gasteiger partial charge in [0, 0.05) is 72.8 Å². The van der Waals surface area contributed by atoms with Gasteiger partial charge < -0.3 is 9.80 Å². The van der Waals surface area contributed by atoms with Gasteiger partial charge in [-0.25, -0.2) is 27.5 Å². The minimum absolute atomic E-state index is 0.142.